The Hall–Kier alpha value is -0.730. The van der Waals surface area contributed by atoms with Crippen molar-refractivity contribution in [3.63, 3.8) is 0 Å². The molecule has 0 fully saturated rings. The lowest BCUT2D eigenvalue weighted by Crippen LogP contribution is -2.18. The molecule has 0 aliphatic rings. The molecular formula is C13H20ClNO. The highest BCUT2D eigenvalue weighted by Gasteiger charge is 2.00. The number of alkyl halides is 1. The van der Waals surface area contributed by atoms with Crippen molar-refractivity contribution in [2.45, 2.75) is 25.8 Å². The average molecular weight is 242 g/mol. The van der Waals surface area contributed by atoms with E-state index in [9.17, 15) is 0 Å². The predicted octanol–water partition coefficient (Wildman–Crippen LogP) is 3.23. The Bertz CT molecular complexity index is 286. The van der Waals surface area contributed by atoms with Crippen LogP contribution in [0, 0.1) is 0 Å². The zero-order valence-electron chi connectivity index (χ0n) is 9.82. The summed E-state index contributed by atoms with van der Waals surface area (Å²) in [5.41, 5.74) is 1.23. The van der Waals surface area contributed by atoms with E-state index in [0.29, 0.717) is 5.75 Å². The van der Waals surface area contributed by atoms with Crippen LogP contribution in [0.5, 0.6) is 5.75 Å². The number of nitrogens with zero attached hydrogens (tertiary/aromatic N) is 1. The van der Waals surface area contributed by atoms with Gasteiger partial charge in [-0.15, -0.1) is 11.6 Å². The fourth-order valence-electron chi connectivity index (χ4n) is 1.65. The van der Waals surface area contributed by atoms with Crippen LogP contribution in [0.2, 0.25) is 0 Å². The van der Waals surface area contributed by atoms with Crippen LogP contribution in [-0.2, 0) is 6.54 Å². The van der Waals surface area contributed by atoms with E-state index in [0.717, 1.165) is 25.4 Å². The Labute approximate surface area is 103 Å². The maximum absolute atomic E-state index is 9.17. The molecule has 0 heterocycles. The van der Waals surface area contributed by atoms with Crippen molar-refractivity contribution in [2.75, 3.05) is 19.5 Å². The molecule has 0 aliphatic carbocycles. The zero-order valence-corrected chi connectivity index (χ0v) is 10.6. The molecule has 0 unspecified atom stereocenters. The molecule has 0 radical (unpaired) electrons. The third-order valence-corrected chi connectivity index (χ3v) is 2.83. The van der Waals surface area contributed by atoms with Crippen LogP contribution in [0.15, 0.2) is 24.3 Å². The Morgan fingerprint density at radius 3 is 2.44 bits per heavy atom. The van der Waals surface area contributed by atoms with Crippen LogP contribution in [0.3, 0.4) is 0 Å². The summed E-state index contributed by atoms with van der Waals surface area (Å²) in [5.74, 6) is 1.09. The zero-order chi connectivity index (χ0) is 11.8. The Balaban J connectivity index is 2.23. The SMILES string of the molecule is CN(CCCCCCl)Cc1ccc(O)cc1. The van der Waals surface area contributed by atoms with E-state index in [-0.39, 0.29) is 0 Å². The van der Waals surface area contributed by atoms with E-state index in [1.807, 2.05) is 12.1 Å². The second-order valence-corrected chi connectivity index (χ2v) is 4.53. The molecule has 1 N–H and O–H groups in total. The van der Waals surface area contributed by atoms with E-state index in [1.54, 1.807) is 12.1 Å². The number of rotatable bonds is 7. The number of hydrogen-bond acceptors (Lipinski definition) is 2. The van der Waals surface area contributed by atoms with E-state index in [2.05, 4.69) is 11.9 Å². The van der Waals surface area contributed by atoms with Crippen molar-refractivity contribution in [3.8, 4) is 5.75 Å². The smallest absolute Gasteiger partial charge is 0.115 e. The van der Waals surface area contributed by atoms with Gasteiger partial charge in [-0.05, 0) is 44.1 Å². The molecule has 2 nitrogen and oxygen atoms in total. The number of halogens is 1. The first-order chi connectivity index (χ1) is 7.72. The number of phenols is 1. The molecule has 0 aliphatic heterocycles. The van der Waals surface area contributed by atoms with Gasteiger partial charge >= 0.3 is 0 Å². The van der Waals surface area contributed by atoms with Gasteiger partial charge in [-0.2, -0.15) is 0 Å². The van der Waals surface area contributed by atoms with Gasteiger partial charge in [-0.3, -0.25) is 0 Å². The normalized spacial score (nSPS) is 10.9. The lowest BCUT2D eigenvalue weighted by Gasteiger charge is -2.16. The minimum atomic E-state index is 0.327. The summed E-state index contributed by atoms with van der Waals surface area (Å²) in [6.45, 7) is 2.03. The highest BCUT2D eigenvalue weighted by atomic mass is 35.5. The van der Waals surface area contributed by atoms with Crippen molar-refractivity contribution < 1.29 is 5.11 Å². The summed E-state index contributed by atoms with van der Waals surface area (Å²) in [5, 5.41) is 9.17. The van der Waals surface area contributed by atoms with Gasteiger partial charge in [0.2, 0.25) is 0 Å². The Morgan fingerprint density at radius 2 is 1.81 bits per heavy atom. The molecule has 0 saturated heterocycles. The van der Waals surface area contributed by atoms with E-state index >= 15 is 0 Å². The van der Waals surface area contributed by atoms with Gasteiger partial charge in [0.15, 0.2) is 0 Å². The van der Waals surface area contributed by atoms with E-state index in [4.69, 9.17) is 16.7 Å². The molecule has 0 aromatic heterocycles. The lowest BCUT2D eigenvalue weighted by atomic mass is 10.2. The number of benzene rings is 1. The van der Waals surface area contributed by atoms with Crippen molar-refractivity contribution >= 4 is 11.6 Å². The van der Waals surface area contributed by atoms with Gasteiger partial charge in [-0.1, -0.05) is 18.6 Å². The van der Waals surface area contributed by atoms with Gasteiger partial charge in [0, 0.05) is 12.4 Å². The molecule has 1 aromatic rings. The first kappa shape index (κ1) is 13.3. The van der Waals surface area contributed by atoms with Crippen LogP contribution >= 0.6 is 11.6 Å². The molecule has 0 atom stereocenters. The van der Waals surface area contributed by atoms with E-state index < -0.39 is 0 Å². The fourth-order valence-corrected chi connectivity index (χ4v) is 1.83. The molecule has 1 aromatic carbocycles. The van der Waals surface area contributed by atoms with Gasteiger partial charge in [-0.25, -0.2) is 0 Å². The Kier molecular flexibility index (Phi) is 6.27. The summed E-state index contributed by atoms with van der Waals surface area (Å²) in [6.07, 6.45) is 3.50. The monoisotopic (exact) mass is 241 g/mol. The molecular weight excluding hydrogens is 222 g/mol. The minimum absolute atomic E-state index is 0.327. The van der Waals surface area contributed by atoms with Crippen molar-refractivity contribution in [1.29, 1.82) is 0 Å². The summed E-state index contributed by atoms with van der Waals surface area (Å²) >= 11 is 5.62. The van der Waals surface area contributed by atoms with Crippen LogP contribution in [0.4, 0.5) is 0 Å². The van der Waals surface area contributed by atoms with Gasteiger partial charge in [0.25, 0.3) is 0 Å². The molecule has 0 spiro atoms. The molecule has 1 rings (SSSR count). The van der Waals surface area contributed by atoms with Gasteiger partial charge < -0.3 is 10.0 Å². The average Bonchev–Trinajstić information content (AvgIpc) is 2.28. The summed E-state index contributed by atoms with van der Waals surface area (Å²) < 4.78 is 0. The molecule has 0 saturated carbocycles. The second kappa shape index (κ2) is 7.53. The maximum Gasteiger partial charge on any atom is 0.115 e. The van der Waals surface area contributed by atoms with Crippen molar-refractivity contribution in [1.82, 2.24) is 4.90 Å². The molecule has 16 heavy (non-hydrogen) atoms. The Morgan fingerprint density at radius 1 is 1.12 bits per heavy atom. The minimum Gasteiger partial charge on any atom is -0.508 e. The fraction of sp³-hybridized carbons (Fsp3) is 0.538. The number of unbranched alkanes of at least 4 members (excludes halogenated alkanes) is 2. The number of aromatic hydroxyl groups is 1. The summed E-state index contributed by atoms with van der Waals surface area (Å²) in [6, 6.07) is 7.39. The van der Waals surface area contributed by atoms with Crippen LogP contribution in [0.1, 0.15) is 24.8 Å². The van der Waals surface area contributed by atoms with E-state index in [1.165, 1.54) is 18.4 Å². The van der Waals surface area contributed by atoms with Crippen LogP contribution in [-0.4, -0.2) is 29.5 Å². The van der Waals surface area contributed by atoms with Crippen molar-refractivity contribution in [2.24, 2.45) is 0 Å². The first-order valence-corrected chi connectivity index (χ1v) is 6.28. The van der Waals surface area contributed by atoms with Gasteiger partial charge in [0.05, 0.1) is 0 Å². The standard InChI is InChI=1S/C13H20ClNO/c1-15(10-4-2-3-9-14)11-12-5-7-13(16)8-6-12/h5-8,16H,2-4,9-11H2,1H3. The summed E-state index contributed by atoms with van der Waals surface area (Å²) in [7, 11) is 2.12. The molecule has 0 amide bonds. The van der Waals surface area contributed by atoms with Gasteiger partial charge in [0.1, 0.15) is 5.75 Å². The third-order valence-electron chi connectivity index (χ3n) is 2.56. The quantitative estimate of drug-likeness (QED) is 0.585. The topological polar surface area (TPSA) is 23.5 Å². The number of hydrogen-bond donors (Lipinski definition) is 1. The highest BCUT2D eigenvalue weighted by molar-refractivity contribution is 6.17. The lowest BCUT2D eigenvalue weighted by molar-refractivity contribution is 0.318. The maximum atomic E-state index is 9.17. The largest absolute Gasteiger partial charge is 0.508 e. The van der Waals surface area contributed by atoms with Crippen LogP contribution in [0.25, 0.3) is 0 Å². The summed E-state index contributed by atoms with van der Waals surface area (Å²) in [4.78, 5) is 2.29. The predicted molar refractivity (Wildman–Crippen MR) is 69.0 cm³/mol. The third kappa shape index (κ3) is 5.38. The highest BCUT2D eigenvalue weighted by Crippen LogP contribution is 2.11. The number of phenolic OH excluding ortho intramolecular Hbond substituents is 1. The molecule has 90 valence electrons. The second-order valence-electron chi connectivity index (χ2n) is 4.15. The molecule has 3 heteroatoms. The molecule has 0 bridgehead atoms. The first-order valence-electron chi connectivity index (χ1n) is 5.75. The van der Waals surface area contributed by atoms with Crippen molar-refractivity contribution in [3.05, 3.63) is 29.8 Å². The van der Waals surface area contributed by atoms with Crippen LogP contribution < -0.4 is 0 Å².